The Balaban J connectivity index is 1.41. The van der Waals surface area contributed by atoms with Gasteiger partial charge in [0.1, 0.15) is 5.49 Å². The Hall–Kier alpha value is -3.81. The van der Waals surface area contributed by atoms with Crippen molar-refractivity contribution in [2.45, 2.75) is 17.9 Å². The molecule has 170 valence electrons. The van der Waals surface area contributed by atoms with Crippen LogP contribution in [0.3, 0.4) is 0 Å². The highest BCUT2D eigenvalue weighted by molar-refractivity contribution is 7.89. The smallest absolute Gasteiger partial charge is 0.263 e. The second-order valence-electron chi connectivity index (χ2n) is 8.06. The topological polar surface area (TPSA) is 71.7 Å². The van der Waals surface area contributed by atoms with Crippen LogP contribution in [0, 0.1) is 0 Å². The maximum atomic E-state index is 13.2. The zero-order valence-electron chi connectivity index (χ0n) is 18.4. The average Bonchev–Trinajstić information content (AvgIpc) is 2.89. The van der Waals surface area contributed by atoms with E-state index in [1.54, 1.807) is 30.5 Å². The molecular formula is C27H23N3O3S. The molecule has 0 saturated carbocycles. The van der Waals surface area contributed by atoms with E-state index in [9.17, 15) is 13.2 Å². The summed E-state index contributed by atoms with van der Waals surface area (Å²) in [6.07, 6.45) is 2.34. The second-order valence-corrected chi connectivity index (χ2v) is 10.0. The number of hydrogen-bond donors (Lipinski definition) is 0. The SMILES string of the molecule is O=C(c1ccc(S(=O)(=O)N2CCc3ccccc3C2)cc1)n1ccccc1=Nc1ccccc1. The Labute approximate surface area is 198 Å². The highest BCUT2D eigenvalue weighted by Crippen LogP contribution is 2.25. The van der Waals surface area contributed by atoms with Gasteiger partial charge in [-0.25, -0.2) is 13.4 Å². The van der Waals surface area contributed by atoms with Crippen LogP contribution >= 0.6 is 0 Å². The third-order valence-electron chi connectivity index (χ3n) is 5.89. The van der Waals surface area contributed by atoms with E-state index in [0.717, 1.165) is 11.3 Å². The van der Waals surface area contributed by atoms with Crippen LogP contribution in [0.4, 0.5) is 5.69 Å². The van der Waals surface area contributed by atoms with Crippen LogP contribution in [0.1, 0.15) is 21.5 Å². The number of carbonyl (C=O) groups excluding carboxylic acids is 1. The van der Waals surface area contributed by atoms with Crippen LogP contribution in [0.2, 0.25) is 0 Å². The molecule has 0 atom stereocenters. The van der Waals surface area contributed by atoms with Crippen molar-refractivity contribution in [2.75, 3.05) is 6.54 Å². The summed E-state index contributed by atoms with van der Waals surface area (Å²) in [4.78, 5) is 17.9. The van der Waals surface area contributed by atoms with Gasteiger partial charge in [-0.1, -0.05) is 48.5 Å². The van der Waals surface area contributed by atoms with Gasteiger partial charge >= 0.3 is 0 Å². The molecule has 0 radical (unpaired) electrons. The standard InChI is InChI=1S/C27H23N3O3S/c31-27(30-18-7-6-12-26(30)28-24-10-2-1-3-11-24)22-13-15-25(16-14-22)34(32,33)29-19-17-21-8-4-5-9-23(21)20-29/h1-16,18H,17,19-20H2. The van der Waals surface area contributed by atoms with E-state index in [0.29, 0.717) is 30.6 Å². The van der Waals surface area contributed by atoms with Gasteiger partial charge in [0, 0.05) is 24.8 Å². The highest BCUT2D eigenvalue weighted by Gasteiger charge is 2.28. The lowest BCUT2D eigenvalue weighted by atomic mass is 10.0. The first kappa shape index (κ1) is 22.0. The van der Waals surface area contributed by atoms with Gasteiger partial charge in [0.15, 0.2) is 0 Å². The van der Waals surface area contributed by atoms with Crippen molar-refractivity contribution in [3.05, 3.63) is 125 Å². The summed E-state index contributed by atoms with van der Waals surface area (Å²) >= 11 is 0. The largest absolute Gasteiger partial charge is 0.268 e. The monoisotopic (exact) mass is 469 g/mol. The third-order valence-corrected chi connectivity index (χ3v) is 7.75. The number of aromatic nitrogens is 1. The first-order valence-corrected chi connectivity index (χ1v) is 12.5. The minimum absolute atomic E-state index is 0.177. The average molecular weight is 470 g/mol. The molecule has 3 aromatic carbocycles. The van der Waals surface area contributed by atoms with Crippen LogP contribution in [0.15, 0.2) is 113 Å². The van der Waals surface area contributed by atoms with Gasteiger partial charge in [-0.15, -0.1) is 0 Å². The van der Waals surface area contributed by atoms with Crippen LogP contribution in [-0.2, 0) is 23.0 Å². The number of carbonyl (C=O) groups is 1. The summed E-state index contributed by atoms with van der Waals surface area (Å²) < 4.78 is 29.4. The molecule has 1 aromatic heterocycles. The number of pyridine rings is 1. The molecule has 34 heavy (non-hydrogen) atoms. The molecule has 0 saturated heterocycles. The molecule has 0 aliphatic carbocycles. The van der Waals surface area contributed by atoms with Gasteiger partial charge in [-0.05, 0) is 66.1 Å². The fourth-order valence-electron chi connectivity index (χ4n) is 4.06. The fraction of sp³-hybridized carbons (Fsp3) is 0.111. The second kappa shape index (κ2) is 9.21. The fourth-order valence-corrected chi connectivity index (χ4v) is 5.48. The molecule has 0 unspecified atom stereocenters. The first-order valence-electron chi connectivity index (χ1n) is 11.0. The summed E-state index contributed by atoms with van der Waals surface area (Å²) in [6, 6.07) is 28.7. The van der Waals surface area contributed by atoms with Crippen LogP contribution in [0.25, 0.3) is 0 Å². The molecular weight excluding hydrogens is 446 g/mol. The Kier molecular flexibility index (Phi) is 5.96. The van der Waals surface area contributed by atoms with Crippen molar-refractivity contribution in [1.82, 2.24) is 8.87 Å². The van der Waals surface area contributed by atoms with Crippen molar-refractivity contribution >= 4 is 21.6 Å². The summed E-state index contributed by atoms with van der Waals surface area (Å²) in [5.41, 5.74) is 3.82. The summed E-state index contributed by atoms with van der Waals surface area (Å²) in [5, 5.41) is 0. The molecule has 1 aliphatic heterocycles. The molecule has 0 spiro atoms. The lowest BCUT2D eigenvalue weighted by Gasteiger charge is -2.28. The zero-order chi connectivity index (χ0) is 23.5. The van der Waals surface area contributed by atoms with E-state index in [4.69, 9.17) is 0 Å². The number of sulfonamides is 1. The van der Waals surface area contributed by atoms with E-state index in [1.165, 1.54) is 26.6 Å². The van der Waals surface area contributed by atoms with E-state index >= 15 is 0 Å². The molecule has 1 aliphatic rings. The van der Waals surface area contributed by atoms with E-state index < -0.39 is 10.0 Å². The lowest BCUT2D eigenvalue weighted by Crippen LogP contribution is -2.36. The minimum Gasteiger partial charge on any atom is -0.268 e. The Morgan fingerprint density at radius 1 is 0.765 bits per heavy atom. The van der Waals surface area contributed by atoms with Gasteiger partial charge in [0.05, 0.1) is 10.6 Å². The highest BCUT2D eigenvalue weighted by atomic mass is 32.2. The zero-order valence-corrected chi connectivity index (χ0v) is 19.2. The molecule has 7 heteroatoms. The van der Waals surface area contributed by atoms with Gasteiger partial charge in [-0.2, -0.15) is 4.31 Å². The predicted molar refractivity (Wildman–Crippen MR) is 130 cm³/mol. The summed E-state index contributed by atoms with van der Waals surface area (Å²) in [7, 11) is -3.66. The predicted octanol–water partition coefficient (Wildman–Crippen LogP) is 4.16. The molecule has 2 heterocycles. The van der Waals surface area contributed by atoms with Gasteiger partial charge in [-0.3, -0.25) is 9.36 Å². The van der Waals surface area contributed by atoms with Crippen molar-refractivity contribution < 1.29 is 13.2 Å². The van der Waals surface area contributed by atoms with Crippen LogP contribution in [0.5, 0.6) is 0 Å². The molecule has 5 rings (SSSR count). The van der Waals surface area contributed by atoms with Crippen LogP contribution in [-0.4, -0.2) is 29.7 Å². The maximum absolute atomic E-state index is 13.2. The Morgan fingerprint density at radius 2 is 1.44 bits per heavy atom. The van der Waals surface area contributed by atoms with E-state index in [-0.39, 0.29) is 10.8 Å². The quantitative estimate of drug-likeness (QED) is 0.451. The van der Waals surface area contributed by atoms with Gasteiger partial charge < -0.3 is 0 Å². The number of rotatable bonds is 4. The summed E-state index contributed by atoms with van der Waals surface area (Å²) in [6.45, 7) is 0.785. The normalized spacial score (nSPS) is 14.5. The molecule has 0 amide bonds. The Morgan fingerprint density at radius 3 is 2.21 bits per heavy atom. The third kappa shape index (κ3) is 4.35. The molecule has 4 aromatic rings. The van der Waals surface area contributed by atoms with Crippen molar-refractivity contribution in [3.63, 3.8) is 0 Å². The molecule has 6 nitrogen and oxygen atoms in total. The van der Waals surface area contributed by atoms with Gasteiger partial charge in [0.2, 0.25) is 10.0 Å². The number of hydrogen-bond acceptors (Lipinski definition) is 4. The summed E-state index contributed by atoms with van der Waals surface area (Å²) in [5.74, 6) is -0.286. The number of fused-ring (bicyclic) bond motifs is 1. The number of benzene rings is 3. The molecule has 0 N–H and O–H groups in total. The number of para-hydroxylation sites is 1. The lowest BCUT2D eigenvalue weighted by molar-refractivity contribution is 0.0955. The number of nitrogens with zero attached hydrogens (tertiary/aromatic N) is 3. The molecule has 0 fully saturated rings. The molecule has 0 bridgehead atoms. The Bertz CT molecular complexity index is 1510. The van der Waals surface area contributed by atoms with Gasteiger partial charge in [0.25, 0.3) is 5.91 Å². The van der Waals surface area contributed by atoms with Crippen molar-refractivity contribution in [3.8, 4) is 0 Å². The minimum atomic E-state index is -3.66. The van der Waals surface area contributed by atoms with Crippen molar-refractivity contribution in [1.29, 1.82) is 0 Å². The van der Waals surface area contributed by atoms with E-state index in [2.05, 4.69) is 4.99 Å². The van der Waals surface area contributed by atoms with Crippen LogP contribution < -0.4 is 5.49 Å². The van der Waals surface area contributed by atoms with E-state index in [1.807, 2.05) is 60.7 Å². The maximum Gasteiger partial charge on any atom is 0.263 e. The van der Waals surface area contributed by atoms with Crippen molar-refractivity contribution in [2.24, 2.45) is 4.99 Å². The first-order chi connectivity index (χ1) is 16.5.